The van der Waals surface area contributed by atoms with Crippen molar-refractivity contribution >= 4 is 27.4 Å². The fraction of sp³-hybridized carbons (Fsp3) is 0.308. The molecule has 0 bridgehead atoms. The third-order valence-electron chi connectivity index (χ3n) is 2.69. The molecule has 2 amide bonds. The van der Waals surface area contributed by atoms with E-state index in [9.17, 15) is 13.2 Å². The van der Waals surface area contributed by atoms with Gasteiger partial charge >= 0.3 is 6.03 Å². The molecular formula is C13H17N3O4S2. The minimum Gasteiger partial charge on any atom is -0.467 e. The number of thiophene rings is 1. The molecule has 0 saturated heterocycles. The van der Waals surface area contributed by atoms with Gasteiger partial charge in [-0.15, -0.1) is 11.3 Å². The first-order valence-corrected chi connectivity index (χ1v) is 8.87. The van der Waals surface area contributed by atoms with Gasteiger partial charge in [0.05, 0.1) is 12.8 Å². The molecule has 0 atom stereocenters. The van der Waals surface area contributed by atoms with Crippen molar-refractivity contribution in [2.24, 2.45) is 0 Å². The van der Waals surface area contributed by atoms with E-state index in [1.165, 1.54) is 17.6 Å². The zero-order valence-corrected chi connectivity index (χ0v) is 13.6. The molecule has 0 unspecified atom stereocenters. The number of aryl methyl sites for hydroxylation is 1. The predicted octanol–water partition coefficient (Wildman–Crippen LogP) is 1.43. The van der Waals surface area contributed by atoms with Gasteiger partial charge in [-0.3, -0.25) is 0 Å². The Kier molecular flexibility index (Phi) is 5.58. The van der Waals surface area contributed by atoms with Crippen LogP contribution < -0.4 is 15.4 Å². The van der Waals surface area contributed by atoms with Gasteiger partial charge in [-0.05, 0) is 31.2 Å². The first kappa shape index (κ1) is 16.5. The third-order valence-corrected chi connectivity index (χ3v) is 5.64. The van der Waals surface area contributed by atoms with Crippen LogP contribution in [0.5, 0.6) is 0 Å². The molecule has 0 aliphatic carbocycles. The maximum atomic E-state index is 11.9. The number of nitrogens with one attached hydrogen (secondary N) is 3. The minimum absolute atomic E-state index is 0.119. The lowest BCUT2D eigenvalue weighted by atomic mass is 10.4. The highest BCUT2D eigenvalue weighted by molar-refractivity contribution is 7.91. The van der Waals surface area contributed by atoms with Gasteiger partial charge in [0.25, 0.3) is 0 Å². The summed E-state index contributed by atoms with van der Waals surface area (Å²) in [4.78, 5) is 12.4. The Morgan fingerprint density at radius 2 is 2.05 bits per heavy atom. The van der Waals surface area contributed by atoms with E-state index in [1.807, 2.05) is 6.92 Å². The molecule has 0 aliphatic heterocycles. The summed E-state index contributed by atoms with van der Waals surface area (Å²) in [6.07, 6.45) is 1.52. The number of urea groups is 1. The summed E-state index contributed by atoms with van der Waals surface area (Å²) in [5.41, 5.74) is 0. The van der Waals surface area contributed by atoms with Crippen molar-refractivity contribution in [1.29, 1.82) is 0 Å². The van der Waals surface area contributed by atoms with E-state index in [0.717, 1.165) is 4.88 Å². The van der Waals surface area contributed by atoms with Crippen molar-refractivity contribution < 1.29 is 17.6 Å². The number of amides is 2. The lowest BCUT2D eigenvalue weighted by Crippen LogP contribution is -2.39. The number of furan rings is 1. The second-order valence-electron chi connectivity index (χ2n) is 4.45. The van der Waals surface area contributed by atoms with Crippen molar-refractivity contribution in [3.05, 3.63) is 41.2 Å². The van der Waals surface area contributed by atoms with Crippen LogP contribution in [-0.2, 0) is 16.6 Å². The van der Waals surface area contributed by atoms with Gasteiger partial charge in [-0.2, -0.15) is 0 Å². The first-order valence-electron chi connectivity index (χ1n) is 6.57. The van der Waals surface area contributed by atoms with Gasteiger partial charge in [0.1, 0.15) is 9.97 Å². The highest BCUT2D eigenvalue weighted by Gasteiger charge is 2.15. The highest BCUT2D eigenvalue weighted by Crippen LogP contribution is 2.19. The molecule has 0 spiro atoms. The molecule has 0 fully saturated rings. The Morgan fingerprint density at radius 3 is 2.68 bits per heavy atom. The lowest BCUT2D eigenvalue weighted by Gasteiger charge is -2.07. The molecule has 7 nitrogen and oxygen atoms in total. The topological polar surface area (TPSA) is 100 Å². The van der Waals surface area contributed by atoms with E-state index < -0.39 is 10.0 Å². The van der Waals surface area contributed by atoms with Crippen LogP contribution in [0.15, 0.2) is 39.2 Å². The van der Waals surface area contributed by atoms with Gasteiger partial charge in [0.15, 0.2) is 0 Å². The number of sulfonamides is 1. The summed E-state index contributed by atoms with van der Waals surface area (Å²) in [6.45, 7) is 2.43. The van der Waals surface area contributed by atoms with Crippen LogP contribution in [0.1, 0.15) is 10.6 Å². The quantitative estimate of drug-likeness (QED) is 0.662. The fourth-order valence-corrected chi connectivity index (χ4v) is 3.99. The Bertz CT molecular complexity index is 707. The predicted molar refractivity (Wildman–Crippen MR) is 83.2 cm³/mol. The van der Waals surface area contributed by atoms with E-state index in [1.54, 1.807) is 24.3 Å². The second kappa shape index (κ2) is 7.43. The van der Waals surface area contributed by atoms with Crippen LogP contribution in [0, 0.1) is 6.92 Å². The van der Waals surface area contributed by atoms with Crippen molar-refractivity contribution in [3.63, 3.8) is 0 Å². The van der Waals surface area contributed by atoms with Crippen molar-refractivity contribution in [2.75, 3.05) is 13.1 Å². The van der Waals surface area contributed by atoms with Gasteiger partial charge in [-0.1, -0.05) is 0 Å². The molecule has 2 aromatic rings. The average Bonchev–Trinajstić information content (AvgIpc) is 3.13. The summed E-state index contributed by atoms with van der Waals surface area (Å²) in [6, 6.07) is 6.40. The SMILES string of the molecule is Cc1ccc(S(=O)(=O)NCCNC(=O)NCc2ccco2)s1. The summed E-state index contributed by atoms with van der Waals surface area (Å²) < 4.78 is 31.6. The van der Waals surface area contributed by atoms with Gasteiger partial charge in [-0.25, -0.2) is 17.9 Å². The van der Waals surface area contributed by atoms with Crippen LogP contribution in [0.25, 0.3) is 0 Å². The van der Waals surface area contributed by atoms with Crippen LogP contribution in [0.3, 0.4) is 0 Å². The van der Waals surface area contributed by atoms with Crippen LogP contribution in [-0.4, -0.2) is 27.5 Å². The molecular weight excluding hydrogens is 326 g/mol. The molecule has 22 heavy (non-hydrogen) atoms. The van der Waals surface area contributed by atoms with Gasteiger partial charge in [0, 0.05) is 18.0 Å². The lowest BCUT2D eigenvalue weighted by molar-refractivity contribution is 0.239. The van der Waals surface area contributed by atoms with E-state index in [2.05, 4.69) is 15.4 Å². The minimum atomic E-state index is -3.50. The Hall–Kier alpha value is -1.84. The molecule has 0 radical (unpaired) electrons. The summed E-state index contributed by atoms with van der Waals surface area (Å²) in [5, 5.41) is 5.16. The number of carbonyl (C=O) groups excluding carboxylic acids is 1. The molecule has 0 aliphatic rings. The maximum Gasteiger partial charge on any atom is 0.315 e. The number of hydrogen-bond acceptors (Lipinski definition) is 5. The van der Waals surface area contributed by atoms with Gasteiger partial charge in [0.2, 0.25) is 10.0 Å². The summed E-state index contributed by atoms with van der Waals surface area (Å²) in [7, 11) is -3.50. The van der Waals surface area contributed by atoms with Crippen molar-refractivity contribution in [2.45, 2.75) is 17.7 Å². The summed E-state index contributed by atoms with van der Waals surface area (Å²) in [5.74, 6) is 0.643. The zero-order chi connectivity index (χ0) is 16.0. The molecule has 2 aromatic heterocycles. The molecule has 0 aromatic carbocycles. The maximum absolute atomic E-state index is 11.9. The van der Waals surface area contributed by atoms with Crippen LogP contribution >= 0.6 is 11.3 Å². The van der Waals surface area contributed by atoms with Crippen LogP contribution in [0.4, 0.5) is 4.79 Å². The van der Waals surface area contributed by atoms with E-state index >= 15 is 0 Å². The van der Waals surface area contributed by atoms with Crippen molar-refractivity contribution in [3.8, 4) is 0 Å². The fourth-order valence-electron chi connectivity index (χ4n) is 1.63. The standard InChI is InChI=1S/C13H17N3O4S2/c1-10-4-5-12(21-10)22(18,19)16-7-6-14-13(17)15-9-11-3-2-8-20-11/h2-5,8,16H,6-7,9H2,1H3,(H2,14,15,17). The second-order valence-corrected chi connectivity index (χ2v) is 7.73. The summed E-state index contributed by atoms with van der Waals surface area (Å²) >= 11 is 1.21. The monoisotopic (exact) mass is 343 g/mol. The number of hydrogen-bond donors (Lipinski definition) is 3. The Morgan fingerprint density at radius 1 is 1.23 bits per heavy atom. The highest BCUT2D eigenvalue weighted by atomic mass is 32.2. The largest absolute Gasteiger partial charge is 0.467 e. The van der Waals surface area contributed by atoms with Gasteiger partial charge < -0.3 is 15.1 Å². The van der Waals surface area contributed by atoms with E-state index in [-0.39, 0.29) is 29.9 Å². The Balaban J connectivity index is 1.67. The molecule has 9 heteroatoms. The van der Waals surface area contributed by atoms with E-state index in [4.69, 9.17) is 4.42 Å². The third kappa shape index (κ3) is 4.86. The van der Waals surface area contributed by atoms with E-state index in [0.29, 0.717) is 5.76 Å². The normalized spacial score (nSPS) is 11.3. The smallest absolute Gasteiger partial charge is 0.315 e. The molecule has 0 saturated carbocycles. The average molecular weight is 343 g/mol. The molecule has 120 valence electrons. The Labute approximate surface area is 132 Å². The van der Waals surface area contributed by atoms with Crippen molar-refractivity contribution in [1.82, 2.24) is 15.4 Å². The number of rotatable bonds is 7. The molecule has 2 heterocycles. The molecule has 3 N–H and O–H groups in total. The zero-order valence-electron chi connectivity index (χ0n) is 12.0. The number of carbonyl (C=O) groups is 1. The first-order chi connectivity index (χ1) is 10.5. The van der Waals surface area contributed by atoms with Crippen LogP contribution in [0.2, 0.25) is 0 Å². The molecule has 2 rings (SSSR count).